The van der Waals surface area contributed by atoms with Crippen molar-refractivity contribution in [3.05, 3.63) is 34.3 Å². The van der Waals surface area contributed by atoms with Gasteiger partial charge in [0.15, 0.2) is 0 Å². The monoisotopic (exact) mass is 241 g/mol. The van der Waals surface area contributed by atoms with Crippen LogP contribution in [0.1, 0.15) is 37.9 Å². The van der Waals surface area contributed by atoms with Crippen molar-refractivity contribution in [2.45, 2.75) is 39.8 Å². The van der Waals surface area contributed by atoms with Gasteiger partial charge in [0.25, 0.3) is 0 Å². The van der Waals surface area contributed by atoms with Crippen LogP contribution in [0.4, 0.5) is 0 Å². The van der Waals surface area contributed by atoms with Gasteiger partial charge in [0.2, 0.25) is 0 Å². The van der Waals surface area contributed by atoms with Gasteiger partial charge in [-0.3, -0.25) is 0 Å². The van der Waals surface area contributed by atoms with E-state index in [1.807, 2.05) is 45.9 Å². The molecular formula is C13H20ClNO. The summed E-state index contributed by atoms with van der Waals surface area (Å²) in [6.07, 6.45) is -0.591. The number of halogens is 1. The zero-order valence-corrected chi connectivity index (χ0v) is 11.0. The van der Waals surface area contributed by atoms with Crippen LogP contribution in [-0.4, -0.2) is 11.2 Å². The molecule has 0 aliphatic rings. The summed E-state index contributed by atoms with van der Waals surface area (Å²) < 4.78 is 0. The molecule has 0 spiro atoms. The maximum atomic E-state index is 10.1. The first kappa shape index (κ1) is 13.5. The van der Waals surface area contributed by atoms with Crippen LogP contribution in [0.25, 0.3) is 0 Å². The van der Waals surface area contributed by atoms with Gasteiger partial charge >= 0.3 is 0 Å². The molecule has 3 heteroatoms. The quantitative estimate of drug-likeness (QED) is 0.836. The van der Waals surface area contributed by atoms with Crippen molar-refractivity contribution in [3.63, 3.8) is 0 Å². The van der Waals surface area contributed by atoms with Gasteiger partial charge in [-0.2, -0.15) is 0 Å². The van der Waals surface area contributed by atoms with Crippen LogP contribution < -0.4 is 5.73 Å². The van der Waals surface area contributed by atoms with Crippen molar-refractivity contribution in [1.29, 1.82) is 0 Å². The van der Waals surface area contributed by atoms with E-state index in [9.17, 15) is 5.11 Å². The first-order chi connectivity index (χ1) is 7.23. The van der Waals surface area contributed by atoms with E-state index in [-0.39, 0.29) is 5.41 Å². The van der Waals surface area contributed by atoms with Crippen LogP contribution in [0.15, 0.2) is 18.2 Å². The molecule has 1 rings (SSSR count). The molecular weight excluding hydrogens is 222 g/mol. The number of benzene rings is 1. The Kier molecular flexibility index (Phi) is 4.00. The molecule has 0 heterocycles. The van der Waals surface area contributed by atoms with Crippen LogP contribution in [0, 0.1) is 12.3 Å². The topological polar surface area (TPSA) is 46.2 Å². The van der Waals surface area contributed by atoms with Crippen molar-refractivity contribution in [3.8, 4) is 0 Å². The molecule has 1 aromatic carbocycles. The van der Waals surface area contributed by atoms with Crippen molar-refractivity contribution >= 4 is 11.6 Å². The fourth-order valence-electron chi connectivity index (χ4n) is 1.54. The smallest absolute Gasteiger partial charge is 0.0780 e. The molecule has 90 valence electrons. The van der Waals surface area contributed by atoms with E-state index in [1.165, 1.54) is 0 Å². The van der Waals surface area contributed by atoms with Gasteiger partial charge in [0.05, 0.1) is 12.1 Å². The zero-order chi connectivity index (χ0) is 12.5. The van der Waals surface area contributed by atoms with Crippen LogP contribution in [0.2, 0.25) is 5.02 Å². The summed E-state index contributed by atoms with van der Waals surface area (Å²) in [5.74, 6) is 0. The molecule has 2 nitrogen and oxygen atoms in total. The molecule has 1 aromatic rings. The molecule has 0 aromatic heterocycles. The number of aliphatic hydroxyl groups is 1. The Morgan fingerprint density at radius 2 is 1.88 bits per heavy atom. The highest BCUT2D eigenvalue weighted by Crippen LogP contribution is 2.30. The lowest BCUT2D eigenvalue weighted by Crippen LogP contribution is -2.36. The summed E-state index contributed by atoms with van der Waals surface area (Å²) in [5.41, 5.74) is 7.69. The van der Waals surface area contributed by atoms with Gasteiger partial charge in [0, 0.05) is 5.02 Å². The summed E-state index contributed by atoms with van der Waals surface area (Å²) in [4.78, 5) is 0. The molecule has 0 fully saturated rings. The lowest BCUT2D eigenvalue weighted by molar-refractivity contribution is 0.0401. The third kappa shape index (κ3) is 2.97. The maximum absolute atomic E-state index is 10.1. The highest BCUT2D eigenvalue weighted by atomic mass is 35.5. The molecule has 16 heavy (non-hydrogen) atoms. The molecule has 0 amide bonds. The second kappa shape index (κ2) is 4.74. The Morgan fingerprint density at radius 3 is 2.31 bits per heavy atom. The minimum atomic E-state index is -0.591. The predicted octanol–water partition coefficient (Wildman–Crippen LogP) is 3.06. The van der Waals surface area contributed by atoms with Gasteiger partial charge in [-0.05, 0) is 29.5 Å². The van der Waals surface area contributed by atoms with Gasteiger partial charge in [-0.1, -0.05) is 44.5 Å². The lowest BCUT2D eigenvalue weighted by Gasteiger charge is -2.31. The summed E-state index contributed by atoms with van der Waals surface area (Å²) in [6.45, 7) is 7.84. The molecule has 0 saturated heterocycles. The van der Waals surface area contributed by atoms with Crippen molar-refractivity contribution < 1.29 is 5.11 Å². The lowest BCUT2D eigenvalue weighted by atomic mass is 9.82. The van der Waals surface area contributed by atoms with Crippen LogP contribution >= 0.6 is 11.6 Å². The number of nitrogens with two attached hydrogens (primary N) is 1. The van der Waals surface area contributed by atoms with Crippen molar-refractivity contribution in [2.24, 2.45) is 11.1 Å². The van der Waals surface area contributed by atoms with E-state index in [2.05, 4.69) is 0 Å². The first-order valence-electron chi connectivity index (χ1n) is 5.43. The molecule has 2 atom stereocenters. The Balaban J connectivity index is 2.97. The standard InChI is InChI=1S/C13H20ClNO/c1-8-5-6-9(7-10(8)14)11(15)12(16)13(2,3)4/h5-7,11-12,16H,15H2,1-4H3/t11-,12-/m1/s1. The molecule has 0 saturated carbocycles. The van der Waals surface area contributed by atoms with E-state index in [0.29, 0.717) is 5.02 Å². The van der Waals surface area contributed by atoms with Crippen molar-refractivity contribution in [1.82, 2.24) is 0 Å². The highest BCUT2D eigenvalue weighted by Gasteiger charge is 2.29. The van der Waals surface area contributed by atoms with Gasteiger partial charge in [0.1, 0.15) is 0 Å². The average molecular weight is 242 g/mol. The minimum Gasteiger partial charge on any atom is -0.391 e. The summed E-state index contributed by atoms with van der Waals surface area (Å²) in [5, 5.41) is 10.8. The Hall–Kier alpha value is -0.570. The second-order valence-corrected chi connectivity index (χ2v) is 5.75. The third-order valence-electron chi connectivity index (χ3n) is 2.81. The number of hydrogen-bond donors (Lipinski definition) is 2. The van der Waals surface area contributed by atoms with Crippen LogP contribution in [-0.2, 0) is 0 Å². The minimum absolute atomic E-state index is 0.239. The SMILES string of the molecule is Cc1ccc([C@@H](N)[C@@H](O)C(C)(C)C)cc1Cl. The molecule has 0 aliphatic carbocycles. The van der Waals surface area contributed by atoms with E-state index >= 15 is 0 Å². The highest BCUT2D eigenvalue weighted by molar-refractivity contribution is 6.31. The van der Waals surface area contributed by atoms with E-state index < -0.39 is 12.1 Å². The Morgan fingerprint density at radius 1 is 1.31 bits per heavy atom. The second-order valence-electron chi connectivity index (χ2n) is 5.35. The summed E-state index contributed by atoms with van der Waals surface area (Å²) in [7, 11) is 0. The fourth-order valence-corrected chi connectivity index (χ4v) is 1.73. The van der Waals surface area contributed by atoms with Gasteiger partial charge in [-0.25, -0.2) is 0 Å². The fraction of sp³-hybridized carbons (Fsp3) is 0.538. The number of hydrogen-bond acceptors (Lipinski definition) is 2. The molecule has 0 unspecified atom stereocenters. The summed E-state index contributed by atoms with van der Waals surface area (Å²) in [6, 6.07) is 5.27. The molecule has 0 bridgehead atoms. The summed E-state index contributed by atoms with van der Waals surface area (Å²) >= 11 is 6.04. The molecule has 0 aliphatic heterocycles. The third-order valence-corrected chi connectivity index (χ3v) is 3.22. The van der Waals surface area contributed by atoms with Crippen molar-refractivity contribution in [2.75, 3.05) is 0 Å². The zero-order valence-electron chi connectivity index (χ0n) is 10.3. The van der Waals surface area contributed by atoms with E-state index in [1.54, 1.807) is 0 Å². The first-order valence-corrected chi connectivity index (χ1v) is 5.81. The van der Waals surface area contributed by atoms with Gasteiger partial charge < -0.3 is 10.8 Å². The predicted molar refractivity (Wildman–Crippen MR) is 68.6 cm³/mol. The van der Waals surface area contributed by atoms with Crippen LogP contribution in [0.3, 0.4) is 0 Å². The number of aryl methyl sites for hydroxylation is 1. The average Bonchev–Trinajstić information content (AvgIpc) is 2.18. The normalized spacial score (nSPS) is 15.9. The van der Waals surface area contributed by atoms with Gasteiger partial charge in [-0.15, -0.1) is 0 Å². The Labute approximate surface area is 102 Å². The maximum Gasteiger partial charge on any atom is 0.0780 e. The van der Waals surface area contributed by atoms with E-state index in [0.717, 1.165) is 11.1 Å². The van der Waals surface area contributed by atoms with Crippen LogP contribution in [0.5, 0.6) is 0 Å². The van der Waals surface area contributed by atoms with E-state index in [4.69, 9.17) is 17.3 Å². The largest absolute Gasteiger partial charge is 0.391 e. The molecule has 0 radical (unpaired) electrons. The molecule has 3 N–H and O–H groups in total. The number of rotatable bonds is 2. The number of aliphatic hydroxyl groups excluding tert-OH is 1. The Bertz CT molecular complexity index is 371.